The van der Waals surface area contributed by atoms with Crippen LogP contribution in [-0.4, -0.2) is 26.0 Å². The van der Waals surface area contributed by atoms with E-state index >= 15 is 0 Å². The molecular formula is C8H15NP+. The zero-order valence-corrected chi connectivity index (χ0v) is 7.62. The van der Waals surface area contributed by atoms with E-state index in [-0.39, 0.29) is 0 Å². The summed E-state index contributed by atoms with van der Waals surface area (Å²) in [5.41, 5.74) is 1.74. The molecule has 1 aliphatic heterocycles. The Balaban J connectivity index is 2.10. The number of fused-ring (bicyclic) bond motifs is 1. The second-order valence-corrected chi connectivity index (χ2v) is 7.63. The molecule has 1 heterocycles. The normalized spacial score (nSPS) is 44.2. The molecule has 1 fully saturated rings. The highest BCUT2D eigenvalue weighted by atomic mass is 31.2. The van der Waals surface area contributed by atoms with Crippen molar-refractivity contribution in [3.8, 4) is 0 Å². The second-order valence-electron chi connectivity index (χ2n) is 3.66. The number of allylic oxidation sites excluding steroid dienone is 2. The van der Waals surface area contributed by atoms with Crippen molar-refractivity contribution < 1.29 is 0 Å². The monoisotopic (exact) mass is 156 g/mol. The van der Waals surface area contributed by atoms with Crippen LogP contribution in [0.1, 0.15) is 6.42 Å². The molecule has 0 bridgehead atoms. The summed E-state index contributed by atoms with van der Waals surface area (Å²) in [4.78, 5) is 0. The number of hydrogen-bond acceptors (Lipinski definition) is 1. The quantitative estimate of drug-likeness (QED) is 0.450. The van der Waals surface area contributed by atoms with Gasteiger partial charge in [0.2, 0.25) is 0 Å². The average molecular weight is 156 g/mol. The number of nitrogens with one attached hydrogen (secondary N) is 1. The van der Waals surface area contributed by atoms with E-state index in [9.17, 15) is 0 Å². The third kappa shape index (κ3) is 1.02. The minimum Gasteiger partial charge on any atom is -0.195 e. The third-order valence-electron chi connectivity index (χ3n) is 2.77. The lowest BCUT2D eigenvalue weighted by Crippen LogP contribution is -2.18. The van der Waals surface area contributed by atoms with Gasteiger partial charge >= 0.3 is 0 Å². The van der Waals surface area contributed by atoms with E-state index in [0.717, 1.165) is 5.92 Å². The summed E-state index contributed by atoms with van der Waals surface area (Å²) < 4.78 is 0. The Labute approximate surface area is 63.3 Å². The van der Waals surface area contributed by atoms with Crippen LogP contribution < -0.4 is 5.09 Å². The van der Waals surface area contributed by atoms with Crippen LogP contribution in [0.3, 0.4) is 0 Å². The maximum Gasteiger partial charge on any atom is 0.0929 e. The van der Waals surface area contributed by atoms with Crippen LogP contribution >= 0.6 is 7.41 Å². The maximum absolute atomic E-state index is 3.50. The molecule has 0 amide bonds. The van der Waals surface area contributed by atoms with Crippen molar-refractivity contribution in [2.75, 3.05) is 26.0 Å². The average Bonchev–Trinajstić information content (AvgIpc) is 2.66. The minimum atomic E-state index is -0.685. The van der Waals surface area contributed by atoms with Crippen molar-refractivity contribution >= 4 is 7.41 Å². The summed E-state index contributed by atoms with van der Waals surface area (Å²) in [6.07, 6.45) is 6.69. The molecule has 1 aliphatic carbocycles. The molecular weight excluding hydrogens is 141 g/mol. The van der Waals surface area contributed by atoms with Crippen molar-refractivity contribution in [1.82, 2.24) is 5.09 Å². The molecule has 0 aromatic carbocycles. The SMILES string of the molecule is CN[P+]1(C)CC=C2CC2C1. The maximum atomic E-state index is 3.50. The van der Waals surface area contributed by atoms with E-state index in [2.05, 4.69) is 24.9 Å². The Morgan fingerprint density at radius 2 is 2.50 bits per heavy atom. The summed E-state index contributed by atoms with van der Waals surface area (Å²) in [6, 6.07) is 0. The fraction of sp³-hybridized carbons (Fsp3) is 0.750. The van der Waals surface area contributed by atoms with Crippen LogP contribution in [-0.2, 0) is 0 Å². The molecule has 2 unspecified atom stereocenters. The molecule has 10 heavy (non-hydrogen) atoms. The van der Waals surface area contributed by atoms with Gasteiger partial charge in [-0.1, -0.05) is 5.57 Å². The van der Waals surface area contributed by atoms with Gasteiger partial charge in [0.1, 0.15) is 0 Å². The van der Waals surface area contributed by atoms with Gasteiger partial charge in [0.05, 0.1) is 26.4 Å². The zero-order chi connectivity index (χ0) is 7.19. The van der Waals surface area contributed by atoms with Crippen LogP contribution in [0.15, 0.2) is 11.6 Å². The van der Waals surface area contributed by atoms with Crippen molar-refractivity contribution in [2.24, 2.45) is 5.92 Å². The largest absolute Gasteiger partial charge is 0.195 e. The molecule has 2 heteroatoms. The lowest BCUT2D eigenvalue weighted by atomic mass is 10.4. The van der Waals surface area contributed by atoms with Crippen LogP contribution in [0.4, 0.5) is 0 Å². The highest BCUT2D eigenvalue weighted by Crippen LogP contribution is 2.61. The smallest absolute Gasteiger partial charge is 0.0929 e. The highest BCUT2D eigenvalue weighted by molar-refractivity contribution is 7.73. The van der Waals surface area contributed by atoms with Crippen molar-refractivity contribution in [1.29, 1.82) is 0 Å². The van der Waals surface area contributed by atoms with Crippen LogP contribution in [0, 0.1) is 5.92 Å². The predicted octanol–water partition coefficient (Wildman–Crippen LogP) is 1.73. The Morgan fingerprint density at radius 3 is 3.10 bits per heavy atom. The lowest BCUT2D eigenvalue weighted by molar-refractivity contribution is 0.986. The molecule has 0 aromatic rings. The molecule has 2 atom stereocenters. The van der Waals surface area contributed by atoms with Crippen molar-refractivity contribution in [2.45, 2.75) is 6.42 Å². The Bertz CT molecular complexity index is 188. The first kappa shape index (κ1) is 6.82. The van der Waals surface area contributed by atoms with Crippen LogP contribution in [0.5, 0.6) is 0 Å². The van der Waals surface area contributed by atoms with E-state index in [1.54, 1.807) is 5.57 Å². The van der Waals surface area contributed by atoms with Gasteiger partial charge in [-0.05, 0) is 12.5 Å². The van der Waals surface area contributed by atoms with Gasteiger partial charge < -0.3 is 0 Å². The molecule has 1 nitrogen and oxygen atoms in total. The zero-order valence-electron chi connectivity index (χ0n) is 6.72. The molecule has 0 aromatic heterocycles. The van der Waals surface area contributed by atoms with Crippen LogP contribution in [0.25, 0.3) is 0 Å². The van der Waals surface area contributed by atoms with E-state index in [1.807, 2.05) is 0 Å². The van der Waals surface area contributed by atoms with Gasteiger partial charge in [0.25, 0.3) is 0 Å². The lowest BCUT2D eigenvalue weighted by Gasteiger charge is -2.21. The molecule has 56 valence electrons. The first-order valence-electron chi connectivity index (χ1n) is 3.96. The summed E-state index contributed by atoms with van der Waals surface area (Å²) in [6.45, 7) is 2.43. The van der Waals surface area contributed by atoms with Crippen LogP contribution in [0.2, 0.25) is 0 Å². The Kier molecular flexibility index (Phi) is 1.40. The van der Waals surface area contributed by atoms with E-state index in [0.29, 0.717) is 0 Å². The van der Waals surface area contributed by atoms with Gasteiger partial charge in [-0.15, -0.1) is 0 Å². The summed E-state index contributed by atoms with van der Waals surface area (Å²) in [5.74, 6) is 1.000. The van der Waals surface area contributed by atoms with E-state index < -0.39 is 7.41 Å². The van der Waals surface area contributed by atoms with Gasteiger partial charge in [-0.3, -0.25) is 0 Å². The van der Waals surface area contributed by atoms with E-state index in [4.69, 9.17) is 0 Å². The summed E-state index contributed by atoms with van der Waals surface area (Å²) >= 11 is 0. The van der Waals surface area contributed by atoms with E-state index in [1.165, 1.54) is 18.7 Å². The minimum absolute atomic E-state index is 0.685. The fourth-order valence-corrected chi connectivity index (χ4v) is 4.21. The highest BCUT2D eigenvalue weighted by Gasteiger charge is 2.45. The Morgan fingerprint density at radius 1 is 1.70 bits per heavy atom. The molecule has 1 saturated carbocycles. The van der Waals surface area contributed by atoms with Crippen molar-refractivity contribution in [3.05, 3.63) is 11.6 Å². The molecule has 0 saturated heterocycles. The summed E-state index contributed by atoms with van der Waals surface area (Å²) in [5, 5.41) is 3.50. The molecule has 0 radical (unpaired) electrons. The standard InChI is InChI=1S/C8H15NP/c1-9-10(2)4-3-7-5-8(7)6-10/h3,8-9H,4-6H2,1-2H3/q+1. The Hall–Kier alpha value is 0.130. The van der Waals surface area contributed by atoms with Gasteiger partial charge in [-0.25, -0.2) is 0 Å². The topological polar surface area (TPSA) is 12.0 Å². The molecule has 2 aliphatic rings. The fourth-order valence-electron chi connectivity index (χ4n) is 1.72. The molecule has 0 spiro atoms. The first-order valence-corrected chi connectivity index (χ1v) is 6.57. The van der Waals surface area contributed by atoms with Gasteiger partial charge in [-0.2, -0.15) is 5.09 Å². The van der Waals surface area contributed by atoms with Gasteiger partial charge in [0.15, 0.2) is 0 Å². The summed E-state index contributed by atoms with van der Waals surface area (Å²) in [7, 11) is 1.43. The molecule has 1 N–H and O–H groups in total. The number of rotatable bonds is 1. The second kappa shape index (κ2) is 2.06. The predicted molar refractivity (Wildman–Crippen MR) is 47.8 cm³/mol. The van der Waals surface area contributed by atoms with Gasteiger partial charge in [0, 0.05) is 13.0 Å². The first-order chi connectivity index (χ1) is 4.73. The third-order valence-corrected chi connectivity index (χ3v) is 6.08. The number of hydrogen-bond donors (Lipinski definition) is 1. The van der Waals surface area contributed by atoms with Crippen molar-refractivity contribution in [3.63, 3.8) is 0 Å². The molecule has 2 rings (SSSR count).